The third kappa shape index (κ3) is 7.05. The maximum atomic E-state index is 11.5. The molecule has 0 bridgehead atoms. The van der Waals surface area contributed by atoms with Crippen molar-refractivity contribution in [2.75, 3.05) is 20.8 Å². The van der Waals surface area contributed by atoms with Crippen LogP contribution >= 0.6 is 12.2 Å². The first kappa shape index (κ1) is 16.6. The number of esters is 2. The van der Waals surface area contributed by atoms with Gasteiger partial charge < -0.3 is 20.1 Å². The van der Waals surface area contributed by atoms with Gasteiger partial charge in [-0.05, 0) is 18.6 Å². The quantitative estimate of drug-likeness (QED) is 0.513. The Morgan fingerprint density at radius 2 is 1.94 bits per heavy atom. The molecule has 0 rings (SSSR count). The van der Waals surface area contributed by atoms with Crippen LogP contribution in [0.4, 0.5) is 0 Å². The van der Waals surface area contributed by atoms with E-state index in [9.17, 15) is 9.59 Å². The molecule has 0 radical (unpaired) electrons. The maximum Gasteiger partial charge on any atom is 0.328 e. The lowest BCUT2D eigenvalue weighted by molar-refractivity contribution is -0.142. The summed E-state index contributed by atoms with van der Waals surface area (Å²) < 4.78 is 9.14. The van der Waals surface area contributed by atoms with Gasteiger partial charge in [0.15, 0.2) is 5.11 Å². The van der Waals surface area contributed by atoms with Crippen molar-refractivity contribution in [1.29, 1.82) is 0 Å². The highest BCUT2D eigenvalue weighted by Crippen LogP contribution is 2.02. The van der Waals surface area contributed by atoms with Crippen molar-refractivity contribution in [2.24, 2.45) is 0 Å². The second-order valence-electron chi connectivity index (χ2n) is 3.62. The van der Waals surface area contributed by atoms with Crippen LogP contribution in [0.3, 0.4) is 0 Å². The summed E-state index contributed by atoms with van der Waals surface area (Å²) in [6.07, 6.45) is 2.48. The molecule has 0 amide bonds. The van der Waals surface area contributed by atoms with E-state index < -0.39 is 12.0 Å². The van der Waals surface area contributed by atoms with E-state index in [1.807, 2.05) is 6.92 Å². The van der Waals surface area contributed by atoms with E-state index in [1.54, 1.807) is 0 Å². The first-order valence-electron chi connectivity index (χ1n) is 5.74. The zero-order chi connectivity index (χ0) is 14.0. The second-order valence-corrected chi connectivity index (χ2v) is 4.03. The molecule has 0 aliphatic rings. The normalized spacial score (nSPS) is 11.3. The van der Waals surface area contributed by atoms with E-state index in [1.165, 1.54) is 14.2 Å². The fourth-order valence-electron chi connectivity index (χ4n) is 1.23. The van der Waals surface area contributed by atoms with Crippen molar-refractivity contribution in [3.05, 3.63) is 0 Å². The minimum atomic E-state index is -0.493. The summed E-state index contributed by atoms with van der Waals surface area (Å²) in [5, 5.41) is 5.71. The van der Waals surface area contributed by atoms with Crippen LogP contribution in [-0.4, -0.2) is 43.9 Å². The van der Waals surface area contributed by atoms with E-state index >= 15 is 0 Å². The Hall–Kier alpha value is -1.37. The second kappa shape index (κ2) is 9.64. The summed E-state index contributed by atoms with van der Waals surface area (Å²) in [5.41, 5.74) is 0. The van der Waals surface area contributed by atoms with Gasteiger partial charge in [0.2, 0.25) is 0 Å². The number of hydrogen-bond donors (Lipinski definition) is 2. The third-order valence-electron chi connectivity index (χ3n) is 2.26. The first-order valence-corrected chi connectivity index (χ1v) is 6.15. The smallest absolute Gasteiger partial charge is 0.328 e. The molecule has 7 heteroatoms. The molecule has 0 saturated carbocycles. The van der Waals surface area contributed by atoms with Crippen molar-refractivity contribution in [1.82, 2.24) is 10.6 Å². The Morgan fingerprint density at radius 3 is 2.44 bits per heavy atom. The largest absolute Gasteiger partial charge is 0.468 e. The van der Waals surface area contributed by atoms with Gasteiger partial charge in [0.25, 0.3) is 0 Å². The number of carbonyl (C=O) groups excluding carboxylic acids is 2. The molecule has 0 heterocycles. The Morgan fingerprint density at radius 1 is 1.28 bits per heavy atom. The topological polar surface area (TPSA) is 76.7 Å². The van der Waals surface area contributed by atoms with Gasteiger partial charge in [0, 0.05) is 0 Å². The van der Waals surface area contributed by atoms with Gasteiger partial charge in [-0.15, -0.1) is 0 Å². The fourth-order valence-corrected chi connectivity index (χ4v) is 1.45. The number of methoxy groups -OCH3 is 2. The van der Waals surface area contributed by atoms with E-state index in [4.69, 9.17) is 12.2 Å². The van der Waals surface area contributed by atoms with Gasteiger partial charge in [-0.2, -0.15) is 0 Å². The lowest BCUT2D eigenvalue weighted by Gasteiger charge is -2.18. The summed E-state index contributed by atoms with van der Waals surface area (Å²) in [5.74, 6) is -0.798. The van der Waals surface area contributed by atoms with Gasteiger partial charge >= 0.3 is 11.9 Å². The van der Waals surface area contributed by atoms with Crippen LogP contribution in [-0.2, 0) is 19.1 Å². The number of ether oxygens (including phenoxy) is 2. The zero-order valence-electron chi connectivity index (χ0n) is 10.9. The number of rotatable bonds is 7. The summed E-state index contributed by atoms with van der Waals surface area (Å²) in [6, 6.07) is -0.493. The Balaban J connectivity index is 4.17. The fraction of sp³-hybridized carbons (Fsp3) is 0.727. The van der Waals surface area contributed by atoms with Crippen LogP contribution < -0.4 is 10.6 Å². The molecule has 0 saturated heterocycles. The number of carbonyl (C=O) groups is 2. The molecule has 0 aromatic carbocycles. The minimum Gasteiger partial charge on any atom is -0.468 e. The minimum absolute atomic E-state index is 0.0377. The van der Waals surface area contributed by atoms with Crippen LogP contribution in [0.2, 0.25) is 0 Å². The standard InChI is InChI=1S/C11H20N2O4S/c1-4-5-6-8(10(15)17-3)13-11(18)12-7-9(14)16-2/h8H,4-7H2,1-3H3,(H2,12,13,18)/t8-/m0/s1. The maximum absolute atomic E-state index is 11.5. The average Bonchev–Trinajstić information content (AvgIpc) is 2.39. The van der Waals surface area contributed by atoms with Crippen LogP contribution in [0.5, 0.6) is 0 Å². The van der Waals surface area contributed by atoms with Gasteiger partial charge in [-0.1, -0.05) is 19.8 Å². The van der Waals surface area contributed by atoms with Crippen LogP contribution in [0, 0.1) is 0 Å². The SMILES string of the molecule is CCCC[C@H](NC(=S)NCC(=O)OC)C(=O)OC. The van der Waals surface area contributed by atoms with E-state index in [0.717, 1.165) is 12.8 Å². The lowest BCUT2D eigenvalue weighted by atomic mass is 10.1. The Bertz CT molecular complexity index is 297. The summed E-state index contributed by atoms with van der Waals surface area (Å²) >= 11 is 4.98. The Labute approximate surface area is 112 Å². The van der Waals surface area contributed by atoms with Crippen molar-refractivity contribution >= 4 is 29.3 Å². The molecule has 0 aromatic heterocycles. The molecule has 18 heavy (non-hydrogen) atoms. The van der Waals surface area contributed by atoms with Crippen molar-refractivity contribution in [3.8, 4) is 0 Å². The van der Waals surface area contributed by atoms with Gasteiger partial charge in [-0.25, -0.2) is 4.79 Å². The molecular formula is C11H20N2O4S. The van der Waals surface area contributed by atoms with Crippen molar-refractivity contribution in [2.45, 2.75) is 32.2 Å². The average molecular weight is 276 g/mol. The van der Waals surface area contributed by atoms with Crippen LogP contribution in [0.15, 0.2) is 0 Å². The molecule has 0 aliphatic carbocycles. The highest BCUT2D eigenvalue weighted by atomic mass is 32.1. The summed E-state index contributed by atoms with van der Waals surface area (Å²) in [6.45, 7) is 1.99. The number of hydrogen-bond acceptors (Lipinski definition) is 5. The molecule has 0 aliphatic heterocycles. The van der Waals surface area contributed by atoms with E-state index in [-0.39, 0.29) is 17.6 Å². The first-order chi connectivity index (χ1) is 8.54. The van der Waals surface area contributed by atoms with Gasteiger partial charge in [-0.3, -0.25) is 4.79 Å². The van der Waals surface area contributed by atoms with Crippen LogP contribution in [0.25, 0.3) is 0 Å². The number of unbranched alkanes of at least 4 members (excludes halogenated alkanes) is 1. The summed E-state index contributed by atoms with van der Waals surface area (Å²) in [4.78, 5) is 22.4. The highest BCUT2D eigenvalue weighted by molar-refractivity contribution is 7.80. The van der Waals surface area contributed by atoms with Gasteiger partial charge in [0.05, 0.1) is 14.2 Å². The molecular weight excluding hydrogens is 256 g/mol. The highest BCUT2D eigenvalue weighted by Gasteiger charge is 2.19. The number of nitrogens with one attached hydrogen (secondary N) is 2. The molecule has 104 valence electrons. The predicted molar refractivity (Wildman–Crippen MR) is 71.1 cm³/mol. The van der Waals surface area contributed by atoms with Crippen molar-refractivity contribution in [3.63, 3.8) is 0 Å². The molecule has 0 unspecified atom stereocenters. The molecule has 1 atom stereocenters. The lowest BCUT2D eigenvalue weighted by Crippen LogP contribution is -2.47. The van der Waals surface area contributed by atoms with Crippen LogP contribution in [0.1, 0.15) is 26.2 Å². The molecule has 0 spiro atoms. The predicted octanol–water partition coefficient (Wildman–Crippen LogP) is 0.355. The molecule has 0 aromatic rings. The molecule has 2 N–H and O–H groups in total. The Kier molecular flexibility index (Phi) is 8.91. The number of thiocarbonyl (C=S) groups is 1. The zero-order valence-corrected chi connectivity index (χ0v) is 11.8. The monoisotopic (exact) mass is 276 g/mol. The van der Waals surface area contributed by atoms with E-state index in [2.05, 4.69) is 20.1 Å². The third-order valence-corrected chi connectivity index (χ3v) is 2.52. The summed E-state index contributed by atoms with van der Waals surface area (Å²) in [7, 11) is 2.62. The molecule has 0 fully saturated rings. The van der Waals surface area contributed by atoms with Crippen molar-refractivity contribution < 1.29 is 19.1 Å². The van der Waals surface area contributed by atoms with E-state index in [0.29, 0.717) is 6.42 Å². The van der Waals surface area contributed by atoms with Gasteiger partial charge in [0.1, 0.15) is 12.6 Å². The molecule has 6 nitrogen and oxygen atoms in total.